The highest BCUT2D eigenvalue weighted by Crippen LogP contribution is 2.25. The molecule has 0 aromatic heterocycles. The molecule has 0 fully saturated rings. The van der Waals surface area contributed by atoms with Gasteiger partial charge in [-0.2, -0.15) is 0 Å². The quantitative estimate of drug-likeness (QED) is 0.638. The van der Waals surface area contributed by atoms with E-state index in [-0.39, 0.29) is 22.8 Å². The molecule has 1 amide bonds. The highest BCUT2D eigenvalue weighted by Gasteiger charge is 2.15. The SMILES string of the molecule is COc1ccc(OC)c(CNC(=O)c2ccc([N+](=O)[O-])cc2Cl)c1. The summed E-state index contributed by atoms with van der Waals surface area (Å²) in [6.07, 6.45) is 0. The standard InChI is InChI=1S/C16H15ClN2O5/c1-23-12-4-6-15(24-2)10(7-12)9-18-16(20)13-5-3-11(19(21)22)8-14(13)17/h3-8H,9H2,1-2H3,(H,18,20). The molecule has 0 heterocycles. The van der Waals surface area contributed by atoms with Gasteiger partial charge >= 0.3 is 0 Å². The Morgan fingerprint density at radius 2 is 1.96 bits per heavy atom. The maximum atomic E-state index is 12.2. The molecule has 8 heteroatoms. The van der Waals surface area contributed by atoms with Crippen LogP contribution < -0.4 is 14.8 Å². The number of hydrogen-bond acceptors (Lipinski definition) is 5. The Morgan fingerprint density at radius 1 is 1.21 bits per heavy atom. The number of non-ortho nitro benzene ring substituents is 1. The summed E-state index contributed by atoms with van der Waals surface area (Å²) in [4.78, 5) is 22.4. The molecule has 2 aromatic rings. The molecule has 0 atom stereocenters. The predicted octanol–water partition coefficient (Wildman–Crippen LogP) is 3.20. The van der Waals surface area contributed by atoms with E-state index in [0.717, 1.165) is 11.6 Å². The number of nitrogens with one attached hydrogen (secondary N) is 1. The molecule has 0 bridgehead atoms. The molecular formula is C16H15ClN2O5. The third-order valence-electron chi connectivity index (χ3n) is 3.34. The zero-order valence-corrected chi connectivity index (χ0v) is 13.8. The molecular weight excluding hydrogens is 336 g/mol. The number of nitro groups is 1. The minimum atomic E-state index is -0.575. The molecule has 126 valence electrons. The maximum Gasteiger partial charge on any atom is 0.270 e. The van der Waals surface area contributed by atoms with E-state index in [9.17, 15) is 14.9 Å². The number of hydrogen-bond donors (Lipinski definition) is 1. The van der Waals surface area contributed by atoms with Crippen molar-refractivity contribution in [1.29, 1.82) is 0 Å². The van der Waals surface area contributed by atoms with Crippen LogP contribution in [0.15, 0.2) is 36.4 Å². The van der Waals surface area contributed by atoms with Crippen molar-refractivity contribution in [2.75, 3.05) is 14.2 Å². The molecule has 2 aromatic carbocycles. The Bertz CT molecular complexity index is 779. The highest BCUT2D eigenvalue weighted by molar-refractivity contribution is 6.34. The van der Waals surface area contributed by atoms with Crippen LogP contribution in [0, 0.1) is 10.1 Å². The van der Waals surface area contributed by atoms with Gasteiger partial charge in [-0.1, -0.05) is 11.6 Å². The van der Waals surface area contributed by atoms with Gasteiger partial charge in [-0.15, -0.1) is 0 Å². The molecule has 0 aliphatic carbocycles. The van der Waals surface area contributed by atoms with E-state index < -0.39 is 10.8 Å². The number of rotatable bonds is 6. The number of halogens is 1. The topological polar surface area (TPSA) is 90.7 Å². The van der Waals surface area contributed by atoms with Crippen molar-refractivity contribution in [2.24, 2.45) is 0 Å². The van der Waals surface area contributed by atoms with E-state index in [1.165, 1.54) is 19.2 Å². The van der Waals surface area contributed by atoms with E-state index in [1.807, 2.05) is 0 Å². The van der Waals surface area contributed by atoms with Crippen LogP contribution in [0.1, 0.15) is 15.9 Å². The monoisotopic (exact) mass is 350 g/mol. The van der Waals surface area contributed by atoms with E-state index in [4.69, 9.17) is 21.1 Å². The summed E-state index contributed by atoms with van der Waals surface area (Å²) in [5.74, 6) is 0.791. The molecule has 7 nitrogen and oxygen atoms in total. The number of amides is 1. The lowest BCUT2D eigenvalue weighted by molar-refractivity contribution is -0.384. The van der Waals surface area contributed by atoms with Crippen LogP contribution in [-0.2, 0) is 6.54 Å². The van der Waals surface area contributed by atoms with Gasteiger partial charge in [0.15, 0.2) is 0 Å². The second-order valence-electron chi connectivity index (χ2n) is 4.78. The van der Waals surface area contributed by atoms with Crippen LogP contribution in [0.5, 0.6) is 11.5 Å². The number of ether oxygens (including phenoxy) is 2. The maximum absolute atomic E-state index is 12.2. The van der Waals surface area contributed by atoms with Crippen molar-refractivity contribution in [1.82, 2.24) is 5.32 Å². The largest absolute Gasteiger partial charge is 0.497 e. The Morgan fingerprint density at radius 3 is 2.54 bits per heavy atom. The van der Waals surface area contributed by atoms with Gasteiger partial charge in [0.1, 0.15) is 11.5 Å². The molecule has 0 unspecified atom stereocenters. The second kappa shape index (κ2) is 7.65. The first kappa shape index (κ1) is 17.6. The van der Waals surface area contributed by atoms with Crippen molar-refractivity contribution in [3.63, 3.8) is 0 Å². The smallest absolute Gasteiger partial charge is 0.270 e. The van der Waals surface area contributed by atoms with Crippen LogP contribution >= 0.6 is 11.6 Å². The summed E-state index contributed by atoms with van der Waals surface area (Å²) in [5.41, 5.74) is 0.707. The number of methoxy groups -OCH3 is 2. The van der Waals surface area contributed by atoms with Gasteiger partial charge in [-0.05, 0) is 24.3 Å². The molecule has 0 saturated heterocycles. The second-order valence-corrected chi connectivity index (χ2v) is 5.19. The van der Waals surface area contributed by atoms with Crippen LogP contribution in [0.4, 0.5) is 5.69 Å². The zero-order chi connectivity index (χ0) is 17.7. The molecule has 24 heavy (non-hydrogen) atoms. The third-order valence-corrected chi connectivity index (χ3v) is 3.65. The van der Waals surface area contributed by atoms with Crippen molar-refractivity contribution in [3.05, 3.63) is 62.7 Å². The number of carbonyl (C=O) groups is 1. The van der Waals surface area contributed by atoms with Crippen LogP contribution in [-0.4, -0.2) is 25.1 Å². The number of benzene rings is 2. The highest BCUT2D eigenvalue weighted by atomic mass is 35.5. The van der Waals surface area contributed by atoms with Crippen LogP contribution in [0.25, 0.3) is 0 Å². The molecule has 0 spiro atoms. The molecule has 2 rings (SSSR count). The molecule has 1 N–H and O–H groups in total. The first-order valence-electron chi connectivity index (χ1n) is 6.89. The van der Waals surface area contributed by atoms with Gasteiger partial charge in [-0.3, -0.25) is 14.9 Å². The summed E-state index contributed by atoms with van der Waals surface area (Å²) < 4.78 is 10.4. The van der Waals surface area contributed by atoms with Gasteiger partial charge < -0.3 is 14.8 Å². The fourth-order valence-corrected chi connectivity index (χ4v) is 2.35. The number of carbonyl (C=O) groups excluding carboxylic acids is 1. The average Bonchev–Trinajstić information content (AvgIpc) is 2.59. The molecule has 0 saturated carbocycles. The van der Waals surface area contributed by atoms with Gasteiger partial charge in [0, 0.05) is 24.2 Å². The molecule has 0 aliphatic heterocycles. The van der Waals surface area contributed by atoms with Crippen molar-refractivity contribution >= 4 is 23.2 Å². The van der Waals surface area contributed by atoms with Crippen LogP contribution in [0.2, 0.25) is 5.02 Å². The first-order valence-corrected chi connectivity index (χ1v) is 7.27. The minimum Gasteiger partial charge on any atom is -0.497 e. The normalized spacial score (nSPS) is 10.1. The summed E-state index contributed by atoms with van der Waals surface area (Å²) in [5, 5.41) is 13.4. The Balaban J connectivity index is 2.15. The lowest BCUT2D eigenvalue weighted by Crippen LogP contribution is -2.23. The fourth-order valence-electron chi connectivity index (χ4n) is 2.09. The summed E-state index contributed by atoms with van der Waals surface area (Å²) in [6.45, 7) is 0.187. The van der Waals surface area contributed by atoms with Gasteiger partial charge in [0.2, 0.25) is 0 Å². The zero-order valence-electron chi connectivity index (χ0n) is 13.0. The lowest BCUT2D eigenvalue weighted by Gasteiger charge is -2.12. The van der Waals surface area contributed by atoms with Crippen molar-refractivity contribution in [2.45, 2.75) is 6.54 Å². The van der Waals surface area contributed by atoms with Crippen molar-refractivity contribution in [3.8, 4) is 11.5 Å². The average molecular weight is 351 g/mol. The first-order chi connectivity index (χ1) is 11.5. The fraction of sp³-hybridized carbons (Fsp3) is 0.188. The molecule has 0 radical (unpaired) electrons. The van der Waals surface area contributed by atoms with Gasteiger partial charge in [0.25, 0.3) is 11.6 Å². The van der Waals surface area contributed by atoms with Crippen LogP contribution in [0.3, 0.4) is 0 Å². The summed E-state index contributed by atoms with van der Waals surface area (Å²) >= 11 is 5.95. The number of nitrogens with zero attached hydrogens (tertiary/aromatic N) is 1. The van der Waals surface area contributed by atoms with E-state index in [0.29, 0.717) is 11.5 Å². The Labute approximate surface area is 143 Å². The van der Waals surface area contributed by atoms with Gasteiger partial charge in [0.05, 0.1) is 29.7 Å². The van der Waals surface area contributed by atoms with E-state index in [1.54, 1.807) is 25.3 Å². The summed E-state index contributed by atoms with van der Waals surface area (Å²) in [7, 11) is 3.07. The Hall–Kier alpha value is -2.80. The molecule has 0 aliphatic rings. The summed E-state index contributed by atoms with van der Waals surface area (Å²) in [6, 6.07) is 8.92. The minimum absolute atomic E-state index is 0.0132. The lowest BCUT2D eigenvalue weighted by atomic mass is 10.1. The van der Waals surface area contributed by atoms with E-state index in [2.05, 4.69) is 5.32 Å². The van der Waals surface area contributed by atoms with Crippen molar-refractivity contribution < 1.29 is 19.2 Å². The third kappa shape index (κ3) is 3.94. The predicted molar refractivity (Wildman–Crippen MR) is 88.8 cm³/mol. The van der Waals surface area contributed by atoms with Gasteiger partial charge in [-0.25, -0.2) is 0 Å². The number of nitro benzene ring substituents is 1. The van der Waals surface area contributed by atoms with E-state index >= 15 is 0 Å². The Kier molecular flexibility index (Phi) is 5.59.